The van der Waals surface area contributed by atoms with E-state index >= 15 is 0 Å². The zero-order valence-electron chi connectivity index (χ0n) is 13.0. The Labute approximate surface area is 150 Å². The fourth-order valence-electron chi connectivity index (χ4n) is 2.19. The van der Waals surface area contributed by atoms with Crippen LogP contribution in [0.1, 0.15) is 30.9 Å². The molecule has 0 spiro atoms. The van der Waals surface area contributed by atoms with E-state index in [1.807, 2.05) is 20.1 Å². The molecule has 1 N–H and O–H groups in total. The number of aromatic nitrogens is 2. The van der Waals surface area contributed by atoms with Gasteiger partial charge in [-0.1, -0.05) is 41.0 Å². The number of aldehydes is 1. The van der Waals surface area contributed by atoms with E-state index in [4.69, 9.17) is 23.2 Å². The number of benzene rings is 1. The molecule has 7 heteroatoms. The fourth-order valence-corrected chi connectivity index (χ4v) is 3.17. The van der Waals surface area contributed by atoms with Crippen molar-refractivity contribution in [1.82, 2.24) is 9.97 Å². The summed E-state index contributed by atoms with van der Waals surface area (Å²) in [6, 6.07) is 5.33. The van der Waals surface area contributed by atoms with E-state index in [0.717, 1.165) is 6.29 Å². The van der Waals surface area contributed by atoms with E-state index < -0.39 is 5.92 Å². The molecule has 0 fully saturated rings. The standard InChI is InChI=1S/C16H17Cl2N3OS/c1-9(2)20-15-10(7-19-16(21-15)23-3)11(8-22)14-12(17)5-4-6-13(14)18/h4-9,11H,1-3H3,(H,19,20,21). The molecule has 23 heavy (non-hydrogen) atoms. The summed E-state index contributed by atoms with van der Waals surface area (Å²) in [5, 5.41) is 4.78. The van der Waals surface area contributed by atoms with Crippen molar-refractivity contribution >= 4 is 47.1 Å². The van der Waals surface area contributed by atoms with Crippen molar-refractivity contribution in [2.75, 3.05) is 11.6 Å². The molecule has 122 valence electrons. The predicted octanol–water partition coefficient (Wildman–Crippen LogP) is 4.66. The van der Waals surface area contributed by atoms with E-state index in [1.165, 1.54) is 11.8 Å². The summed E-state index contributed by atoms with van der Waals surface area (Å²) in [5.41, 5.74) is 1.22. The Balaban J connectivity index is 2.59. The highest BCUT2D eigenvalue weighted by atomic mass is 35.5. The summed E-state index contributed by atoms with van der Waals surface area (Å²) >= 11 is 14.0. The SMILES string of the molecule is CSc1ncc(C(C=O)c2c(Cl)cccc2Cl)c(NC(C)C)n1. The molecular weight excluding hydrogens is 353 g/mol. The van der Waals surface area contributed by atoms with Crippen LogP contribution in [0.3, 0.4) is 0 Å². The number of hydrogen-bond acceptors (Lipinski definition) is 5. The maximum absolute atomic E-state index is 11.8. The molecule has 0 radical (unpaired) electrons. The van der Waals surface area contributed by atoms with Crippen LogP contribution in [0.5, 0.6) is 0 Å². The van der Waals surface area contributed by atoms with Crippen molar-refractivity contribution in [3.8, 4) is 0 Å². The minimum Gasteiger partial charge on any atom is -0.368 e. The van der Waals surface area contributed by atoms with Gasteiger partial charge in [0.25, 0.3) is 0 Å². The van der Waals surface area contributed by atoms with Crippen molar-refractivity contribution < 1.29 is 4.79 Å². The zero-order chi connectivity index (χ0) is 17.0. The van der Waals surface area contributed by atoms with Gasteiger partial charge in [-0.15, -0.1) is 0 Å². The average molecular weight is 370 g/mol. The number of hydrogen-bond donors (Lipinski definition) is 1. The number of nitrogens with zero attached hydrogens (tertiary/aromatic N) is 2. The van der Waals surface area contributed by atoms with Gasteiger partial charge in [0, 0.05) is 33.4 Å². The van der Waals surface area contributed by atoms with E-state index in [9.17, 15) is 4.79 Å². The molecule has 1 aromatic heterocycles. The Morgan fingerprint density at radius 1 is 1.26 bits per heavy atom. The van der Waals surface area contributed by atoms with Crippen molar-refractivity contribution in [2.45, 2.75) is 31.0 Å². The Morgan fingerprint density at radius 3 is 2.43 bits per heavy atom. The Morgan fingerprint density at radius 2 is 1.91 bits per heavy atom. The predicted molar refractivity (Wildman–Crippen MR) is 96.9 cm³/mol. The molecule has 2 aromatic rings. The van der Waals surface area contributed by atoms with Gasteiger partial charge in [0.05, 0.1) is 5.92 Å². The number of nitrogens with one attached hydrogen (secondary N) is 1. The summed E-state index contributed by atoms with van der Waals surface area (Å²) < 4.78 is 0. The minimum absolute atomic E-state index is 0.160. The Hall–Kier alpha value is -1.30. The summed E-state index contributed by atoms with van der Waals surface area (Å²) in [7, 11) is 0. The second kappa shape index (κ2) is 7.99. The van der Waals surface area contributed by atoms with Gasteiger partial charge in [0.2, 0.25) is 0 Å². The Kier molecular flexibility index (Phi) is 6.27. The smallest absolute Gasteiger partial charge is 0.189 e. The first kappa shape index (κ1) is 18.0. The number of halogens is 2. The van der Waals surface area contributed by atoms with Gasteiger partial charge in [-0.2, -0.15) is 0 Å². The van der Waals surface area contributed by atoms with Crippen molar-refractivity contribution in [3.05, 3.63) is 45.6 Å². The summed E-state index contributed by atoms with van der Waals surface area (Å²) in [6.07, 6.45) is 4.37. The highest BCUT2D eigenvalue weighted by Crippen LogP contribution is 2.37. The van der Waals surface area contributed by atoms with Crippen LogP contribution in [0.15, 0.2) is 29.6 Å². The molecule has 0 bridgehead atoms. The van der Waals surface area contributed by atoms with Crippen LogP contribution in [0.25, 0.3) is 0 Å². The van der Waals surface area contributed by atoms with E-state index in [0.29, 0.717) is 32.1 Å². The van der Waals surface area contributed by atoms with Gasteiger partial charge in [0.1, 0.15) is 12.1 Å². The van der Waals surface area contributed by atoms with Crippen molar-refractivity contribution in [2.24, 2.45) is 0 Å². The second-order valence-electron chi connectivity index (χ2n) is 5.21. The zero-order valence-corrected chi connectivity index (χ0v) is 15.3. The monoisotopic (exact) mass is 369 g/mol. The molecule has 2 rings (SSSR count). The lowest BCUT2D eigenvalue weighted by molar-refractivity contribution is -0.108. The number of rotatable bonds is 6. The third-order valence-electron chi connectivity index (χ3n) is 3.18. The number of carbonyl (C=O) groups is 1. The maximum Gasteiger partial charge on any atom is 0.189 e. The quantitative estimate of drug-likeness (QED) is 0.455. The van der Waals surface area contributed by atoms with Crippen LogP contribution in [0, 0.1) is 0 Å². The first-order chi connectivity index (χ1) is 11.0. The topological polar surface area (TPSA) is 54.9 Å². The van der Waals surface area contributed by atoms with Gasteiger partial charge >= 0.3 is 0 Å². The van der Waals surface area contributed by atoms with Gasteiger partial charge in [-0.3, -0.25) is 0 Å². The van der Waals surface area contributed by atoms with Crippen LogP contribution in [-0.2, 0) is 4.79 Å². The van der Waals surface area contributed by atoms with Crippen LogP contribution in [-0.4, -0.2) is 28.6 Å². The van der Waals surface area contributed by atoms with Gasteiger partial charge in [-0.05, 0) is 32.2 Å². The molecule has 0 aliphatic heterocycles. The summed E-state index contributed by atoms with van der Waals surface area (Å²) in [4.78, 5) is 20.6. The van der Waals surface area contributed by atoms with E-state index in [-0.39, 0.29) is 6.04 Å². The summed E-state index contributed by atoms with van der Waals surface area (Å²) in [6.45, 7) is 4.01. The highest BCUT2D eigenvalue weighted by Gasteiger charge is 2.24. The van der Waals surface area contributed by atoms with Crippen LogP contribution in [0.4, 0.5) is 5.82 Å². The molecule has 1 aromatic carbocycles. The molecular formula is C16H17Cl2N3OS. The Bertz CT molecular complexity index is 689. The highest BCUT2D eigenvalue weighted by molar-refractivity contribution is 7.98. The van der Waals surface area contributed by atoms with Gasteiger partial charge < -0.3 is 10.1 Å². The number of anilines is 1. The van der Waals surface area contributed by atoms with Crippen molar-refractivity contribution in [1.29, 1.82) is 0 Å². The molecule has 1 unspecified atom stereocenters. The molecule has 0 amide bonds. The normalized spacial score (nSPS) is 12.3. The first-order valence-corrected chi connectivity index (χ1v) is 9.02. The minimum atomic E-state index is -0.631. The third kappa shape index (κ3) is 4.16. The van der Waals surface area contributed by atoms with Crippen molar-refractivity contribution in [3.63, 3.8) is 0 Å². The fraction of sp³-hybridized carbons (Fsp3) is 0.312. The van der Waals surface area contributed by atoms with E-state index in [1.54, 1.807) is 24.4 Å². The molecule has 1 heterocycles. The molecule has 4 nitrogen and oxygen atoms in total. The van der Waals surface area contributed by atoms with Crippen LogP contribution >= 0.6 is 35.0 Å². The molecule has 1 atom stereocenters. The number of carbonyl (C=O) groups excluding carboxylic acids is 1. The van der Waals surface area contributed by atoms with Crippen LogP contribution < -0.4 is 5.32 Å². The van der Waals surface area contributed by atoms with E-state index in [2.05, 4.69) is 15.3 Å². The molecule has 0 aliphatic rings. The molecule has 0 aliphatic carbocycles. The maximum atomic E-state index is 11.8. The average Bonchev–Trinajstić information content (AvgIpc) is 2.51. The molecule has 0 saturated heterocycles. The molecule has 0 saturated carbocycles. The lowest BCUT2D eigenvalue weighted by Crippen LogP contribution is -2.16. The third-order valence-corrected chi connectivity index (χ3v) is 4.41. The van der Waals surface area contributed by atoms with Gasteiger partial charge in [0.15, 0.2) is 5.16 Å². The second-order valence-corrected chi connectivity index (χ2v) is 6.80. The lowest BCUT2D eigenvalue weighted by atomic mass is 9.93. The van der Waals surface area contributed by atoms with Gasteiger partial charge in [-0.25, -0.2) is 9.97 Å². The van der Waals surface area contributed by atoms with Crippen LogP contribution in [0.2, 0.25) is 10.0 Å². The first-order valence-electron chi connectivity index (χ1n) is 7.04. The number of thioether (sulfide) groups is 1. The summed E-state index contributed by atoms with van der Waals surface area (Å²) in [5.74, 6) is -0.0132. The largest absolute Gasteiger partial charge is 0.368 e. The lowest BCUT2D eigenvalue weighted by Gasteiger charge is -2.19.